The van der Waals surface area contributed by atoms with Gasteiger partial charge in [-0.1, -0.05) is 36.7 Å². The van der Waals surface area contributed by atoms with Crippen molar-refractivity contribution in [2.24, 2.45) is 5.14 Å². The SMILES string of the molecule is CCc1nn(-c2ccccc2)c(Cl)c1S(N)(=O)=O. The molecular formula is C11H12ClN3O2S. The van der Waals surface area contributed by atoms with Crippen molar-refractivity contribution in [2.45, 2.75) is 18.2 Å². The predicted octanol–water partition coefficient (Wildman–Crippen LogP) is 1.74. The van der Waals surface area contributed by atoms with Crippen LogP contribution in [0.3, 0.4) is 0 Å². The first kappa shape index (κ1) is 13.1. The topological polar surface area (TPSA) is 78.0 Å². The van der Waals surface area contributed by atoms with Crippen molar-refractivity contribution < 1.29 is 8.42 Å². The fourth-order valence-electron chi connectivity index (χ4n) is 1.68. The van der Waals surface area contributed by atoms with Gasteiger partial charge in [-0.25, -0.2) is 18.2 Å². The Morgan fingerprint density at radius 1 is 1.33 bits per heavy atom. The Balaban J connectivity index is 2.70. The predicted molar refractivity (Wildman–Crippen MR) is 69.3 cm³/mol. The van der Waals surface area contributed by atoms with Gasteiger partial charge in [0, 0.05) is 0 Å². The molecule has 0 aliphatic rings. The zero-order valence-electron chi connectivity index (χ0n) is 9.67. The average molecular weight is 286 g/mol. The van der Waals surface area contributed by atoms with Crippen molar-refractivity contribution in [3.05, 3.63) is 41.2 Å². The number of rotatable bonds is 3. The van der Waals surface area contributed by atoms with Gasteiger partial charge in [0.25, 0.3) is 0 Å². The maximum Gasteiger partial charge on any atom is 0.243 e. The molecule has 2 rings (SSSR count). The Kier molecular flexibility index (Phi) is 3.43. The van der Waals surface area contributed by atoms with Gasteiger partial charge in [-0.3, -0.25) is 0 Å². The number of primary sulfonamides is 1. The summed E-state index contributed by atoms with van der Waals surface area (Å²) >= 11 is 6.07. The lowest BCUT2D eigenvalue weighted by Crippen LogP contribution is -2.13. The number of sulfonamides is 1. The van der Waals surface area contributed by atoms with Crippen molar-refractivity contribution in [2.75, 3.05) is 0 Å². The van der Waals surface area contributed by atoms with Crippen molar-refractivity contribution in [3.63, 3.8) is 0 Å². The van der Waals surface area contributed by atoms with E-state index < -0.39 is 10.0 Å². The Morgan fingerprint density at radius 3 is 2.39 bits per heavy atom. The zero-order chi connectivity index (χ0) is 13.3. The highest BCUT2D eigenvalue weighted by atomic mass is 35.5. The Bertz CT molecular complexity index is 665. The Labute approximate surface area is 110 Å². The smallest absolute Gasteiger partial charge is 0.224 e. The maximum absolute atomic E-state index is 11.5. The zero-order valence-corrected chi connectivity index (χ0v) is 11.2. The fourth-order valence-corrected chi connectivity index (χ4v) is 3.08. The molecule has 5 nitrogen and oxygen atoms in total. The van der Waals surface area contributed by atoms with E-state index in [2.05, 4.69) is 5.10 Å². The summed E-state index contributed by atoms with van der Waals surface area (Å²) in [6, 6.07) is 9.05. The van der Waals surface area contributed by atoms with E-state index >= 15 is 0 Å². The summed E-state index contributed by atoms with van der Waals surface area (Å²) in [4.78, 5) is -0.101. The number of hydrogen-bond donors (Lipinski definition) is 1. The number of benzene rings is 1. The standard InChI is InChI=1S/C11H12ClN3O2S/c1-2-9-10(18(13,16)17)11(12)15(14-9)8-6-4-3-5-7-8/h3-7H,2H2,1H3,(H2,13,16,17). The van der Waals surface area contributed by atoms with E-state index in [9.17, 15) is 8.42 Å². The molecule has 0 radical (unpaired) electrons. The van der Waals surface area contributed by atoms with Gasteiger partial charge in [0.2, 0.25) is 10.0 Å². The van der Waals surface area contributed by atoms with Gasteiger partial charge in [0.05, 0.1) is 11.4 Å². The van der Waals surface area contributed by atoms with E-state index in [1.807, 2.05) is 18.2 Å². The molecule has 96 valence electrons. The van der Waals surface area contributed by atoms with E-state index in [-0.39, 0.29) is 10.0 Å². The van der Waals surface area contributed by atoms with Crippen molar-refractivity contribution in [1.82, 2.24) is 9.78 Å². The van der Waals surface area contributed by atoms with Crippen LogP contribution in [0.25, 0.3) is 5.69 Å². The molecule has 0 bridgehead atoms. The number of hydrogen-bond acceptors (Lipinski definition) is 3. The van der Waals surface area contributed by atoms with Crippen LogP contribution in [0.1, 0.15) is 12.6 Å². The third kappa shape index (κ3) is 2.27. The van der Waals surface area contributed by atoms with Gasteiger partial charge in [0.15, 0.2) is 5.15 Å². The average Bonchev–Trinajstić information content (AvgIpc) is 2.67. The van der Waals surface area contributed by atoms with Gasteiger partial charge in [-0.2, -0.15) is 5.10 Å². The van der Waals surface area contributed by atoms with Crippen molar-refractivity contribution >= 4 is 21.6 Å². The molecule has 1 aromatic carbocycles. The van der Waals surface area contributed by atoms with Crippen LogP contribution >= 0.6 is 11.6 Å². The molecule has 0 aliphatic heterocycles. The minimum Gasteiger partial charge on any atom is -0.224 e. The maximum atomic E-state index is 11.5. The summed E-state index contributed by atoms with van der Waals surface area (Å²) in [6.45, 7) is 1.79. The highest BCUT2D eigenvalue weighted by Crippen LogP contribution is 2.27. The van der Waals surface area contributed by atoms with Crippen LogP contribution < -0.4 is 5.14 Å². The van der Waals surface area contributed by atoms with E-state index in [0.717, 1.165) is 0 Å². The van der Waals surface area contributed by atoms with Gasteiger partial charge in [-0.15, -0.1) is 0 Å². The fraction of sp³-hybridized carbons (Fsp3) is 0.182. The van der Waals surface area contributed by atoms with Crippen LogP contribution in [-0.2, 0) is 16.4 Å². The second-order valence-electron chi connectivity index (χ2n) is 3.71. The van der Waals surface area contributed by atoms with Gasteiger partial charge in [0.1, 0.15) is 4.90 Å². The minimum atomic E-state index is -3.88. The molecule has 0 saturated heterocycles. The van der Waals surface area contributed by atoms with Crippen LogP contribution in [0.4, 0.5) is 0 Å². The number of nitrogens with zero attached hydrogens (tertiary/aromatic N) is 2. The van der Waals surface area contributed by atoms with Crippen LogP contribution in [-0.4, -0.2) is 18.2 Å². The normalized spacial score (nSPS) is 11.7. The molecule has 1 heterocycles. The summed E-state index contributed by atoms with van der Waals surface area (Å²) in [5, 5.41) is 9.36. The van der Waals surface area contributed by atoms with Crippen molar-refractivity contribution in [1.29, 1.82) is 0 Å². The second kappa shape index (κ2) is 4.72. The molecule has 0 aliphatic carbocycles. The number of halogens is 1. The highest BCUT2D eigenvalue weighted by molar-refractivity contribution is 7.89. The molecule has 18 heavy (non-hydrogen) atoms. The van der Waals surface area contributed by atoms with Crippen LogP contribution in [0.15, 0.2) is 35.2 Å². The first-order chi connectivity index (χ1) is 8.45. The molecule has 0 unspecified atom stereocenters. The van der Waals surface area contributed by atoms with Gasteiger partial charge < -0.3 is 0 Å². The third-order valence-corrected chi connectivity index (χ3v) is 3.94. The lowest BCUT2D eigenvalue weighted by Gasteiger charge is -2.02. The molecule has 2 aromatic rings. The van der Waals surface area contributed by atoms with E-state index in [1.165, 1.54) is 4.68 Å². The summed E-state index contributed by atoms with van der Waals surface area (Å²) < 4.78 is 24.4. The number of aromatic nitrogens is 2. The summed E-state index contributed by atoms with van der Waals surface area (Å²) in [6.07, 6.45) is 0.436. The van der Waals surface area contributed by atoms with E-state index in [1.54, 1.807) is 19.1 Å². The number of para-hydroxylation sites is 1. The molecule has 2 N–H and O–H groups in total. The summed E-state index contributed by atoms with van der Waals surface area (Å²) in [5.41, 5.74) is 1.05. The molecule has 7 heteroatoms. The van der Waals surface area contributed by atoms with E-state index in [4.69, 9.17) is 16.7 Å². The third-order valence-electron chi connectivity index (χ3n) is 2.48. The Morgan fingerprint density at radius 2 is 1.94 bits per heavy atom. The van der Waals surface area contributed by atoms with Gasteiger partial charge >= 0.3 is 0 Å². The second-order valence-corrected chi connectivity index (χ2v) is 5.57. The Hall–Kier alpha value is -1.37. The quantitative estimate of drug-likeness (QED) is 0.933. The van der Waals surface area contributed by atoms with Crippen LogP contribution in [0.5, 0.6) is 0 Å². The van der Waals surface area contributed by atoms with E-state index in [0.29, 0.717) is 17.8 Å². The molecule has 0 atom stereocenters. The minimum absolute atomic E-state index is 0.0144. The molecular weight excluding hydrogens is 274 g/mol. The summed E-state index contributed by atoms with van der Waals surface area (Å²) in [7, 11) is -3.88. The first-order valence-electron chi connectivity index (χ1n) is 5.30. The molecule has 0 amide bonds. The number of aryl methyl sites for hydroxylation is 1. The molecule has 0 spiro atoms. The van der Waals surface area contributed by atoms with Crippen LogP contribution in [0, 0.1) is 0 Å². The monoisotopic (exact) mass is 285 g/mol. The lowest BCUT2D eigenvalue weighted by molar-refractivity contribution is 0.597. The lowest BCUT2D eigenvalue weighted by atomic mass is 10.3. The molecule has 0 fully saturated rings. The first-order valence-corrected chi connectivity index (χ1v) is 7.23. The molecule has 0 saturated carbocycles. The largest absolute Gasteiger partial charge is 0.243 e. The summed E-state index contributed by atoms with van der Waals surface area (Å²) in [5.74, 6) is 0. The van der Waals surface area contributed by atoms with Crippen molar-refractivity contribution in [3.8, 4) is 5.69 Å². The van der Waals surface area contributed by atoms with Crippen LogP contribution in [0.2, 0.25) is 5.15 Å². The molecule has 1 aromatic heterocycles. The number of nitrogens with two attached hydrogens (primary N) is 1. The highest BCUT2D eigenvalue weighted by Gasteiger charge is 2.24. The van der Waals surface area contributed by atoms with Gasteiger partial charge in [-0.05, 0) is 18.6 Å².